The number of rotatable bonds is 5. The van der Waals surface area contributed by atoms with Crippen molar-refractivity contribution in [1.82, 2.24) is 9.55 Å². The minimum absolute atomic E-state index is 0.00235. The Kier molecular flexibility index (Phi) is 4.36. The van der Waals surface area contributed by atoms with Gasteiger partial charge in [0.05, 0.1) is 31.0 Å². The van der Waals surface area contributed by atoms with Crippen LogP contribution in [0.3, 0.4) is 0 Å². The summed E-state index contributed by atoms with van der Waals surface area (Å²) in [6.07, 6.45) is 1.77. The Morgan fingerprint density at radius 1 is 1.27 bits per heavy atom. The van der Waals surface area contributed by atoms with Crippen LogP contribution >= 0.6 is 11.3 Å². The van der Waals surface area contributed by atoms with E-state index in [4.69, 9.17) is 4.74 Å². The van der Waals surface area contributed by atoms with Crippen LogP contribution in [0.25, 0.3) is 21.3 Å². The van der Waals surface area contributed by atoms with E-state index in [1.807, 2.05) is 49.6 Å². The van der Waals surface area contributed by atoms with Crippen molar-refractivity contribution in [2.24, 2.45) is 0 Å². The second-order valence-electron chi connectivity index (χ2n) is 5.36. The normalized spacial score (nSPS) is 11.4. The number of fused-ring (bicyclic) bond motifs is 1. The molecule has 0 atom stereocenters. The third-order valence-electron chi connectivity index (χ3n) is 3.43. The summed E-state index contributed by atoms with van der Waals surface area (Å²) in [4.78, 5) is 17.9. The summed E-state index contributed by atoms with van der Waals surface area (Å²) >= 11 is 1.50. The molecule has 0 aliphatic carbocycles. The molecule has 0 bridgehead atoms. The number of hydrogen-bond donors (Lipinski definition) is 0. The highest BCUT2D eigenvalue weighted by Crippen LogP contribution is 2.30. The molecule has 0 spiro atoms. The quantitative estimate of drug-likeness (QED) is 0.723. The molecule has 2 aromatic heterocycles. The zero-order valence-electron chi connectivity index (χ0n) is 12.7. The highest BCUT2D eigenvalue weighted by Gasteiger charge is 2.13. The van der Waals surface area contributed by atoms with Crippen molar-refractivity contribution >= 4 is 21.6 Å². The molecule has 0 saturated heterocycles. The Bertz CT molecular complexity index is 822. The van der Waals surface area contributed by atoms with Crippen molar-refractivity contribution in [2.75, 3.05) is 6.61 Å². The average Bonchev–Trinajstić information content (AvgIpc) is 2.95. The molecule has 3 rings (SSSR count). The summed E-state index contributed by atoms with van der Waals surface area (Å²) in [5, 5.41) is 2.70. The van der Waals surface area contributed by atoms with E-state index < -0.39 is 0 Å². The van der Waals surface area contributed by atoms with Gasteiger partial charge in [-0.1, -0.05) is 30.3 Å². The second kappa shape index (κ2) is 6.42. The summed E-state index contributed by atoms with van der Waals surface area (Å²) in [5.74, 6) is 0. The Labute approximate surface area is 133 Å². The van der Waals surface area contributed by atoms with Gasteiger partial charge in [0.25, 0.3) is 5.56 Å². The molecule has 114 valence electrons. The smallest absolute Gasteiger partial charge is 0.262 e. The van der Waals surface area contributed by atoms with E-state index in [0.29, 0.717) is 18.5 Å². The zero-order valence-corrected chi connectivity index (χ0v) is 13.5. The second-order valence-corrected chi connectivity index (χ2v) is 6.22. The lowest BCUT2D eigenvalue weighted by Crippen LogP contribution is -2.23. The van der Waals surface area contributed by atoms with E-state index in [1.165, 1.54) is 11.3 Å². The molecule has 5 heteroatoms. The first-order valence-corrected chi connectivity index (χ1v) is 8.18. The molecule has 4 nitrogen and oxygen atoms in total. The SMILES string of the molecule is CC(C)OCCn1cnc2scc(-c3ccccc3)c2c1=O. The monoisotopic (exact) mass is 314 g/mol. The third kappa shape index (κ3) is 2.96. The predicted octanol–water partition coefficient (Wildman–Crippen LogP) is 3.55. The minimum Gasteiger partial charge on any atom is -0.377 e. The van der Waals surface area contributed by atoms with Gasteiger partial charge in [-0.05, 0) is 19.4 Å². The Morgan fingerprint density at radius 3 is 2.77 bits per heavy atom. The first-order chi connectivity index (χ1) is 10.7. The van der Waals surface area contributed by atoms with Crippen LogP contribution in [0.15, 0.2) is 46.8 Å². The predicted molar refractivity (Wildman–Crippen MR) is 90.4 cm³/mol. The van der Waals surface area contributed by atoms with Gasteiger partial charge < -0.3 is 4.74 Å². The van der Waals surface area contributed by atoms with Crippen LogP contribution in [-0.4, -0.2) is 22.3 Å². The van der Waals surface area contributed by atoms with Crippen LogP contribution in [0.2, 0.25) is 0 Å². The van der Waals surface area contributed by atoms with Crippen LogP contribution in [0.1, 0.15) is 13.8 Å². The molecule has 3 aromatic rings. The largest absolute Gasteiger partial charge is 0.377 e. The molecule has 0 fully saturated rings. The van der Waals surface area contributed by atoms with Gasteiger partial charge in [-0.2, -0.15) is 0 Å². The van der Waals surface area contributed by atoms with Gasteiger partial charge >= 0.3 is 0 Å². The zero-order chi connectivity index (χ0) is 15.5. The maximum absolute atomic E-state index is 12.7. The van der Waals surface area contributed by atoms with E-state index in [1.54, 1.807) is 10.9 Å². The van der Waals surface area contributed by atoms with E-state index in [0.717, 1.165) is 16.0 Å². The first kappa shape index (κ1) is 14.9. The van der Waals surface area contributed by atoms with Gasteiger partial charge in [0.2, 0.25) is 0 Å². The Morgan fingerprint density at radius 2 is 2.05 bits per heavy atom. The van der Waals surface area contributed by atoms with Crippen LogP contribution in [0, 0.1) is 0 Å². The molecule has 0 aliphatic rings. The third-order valence-corrected chi connectivity index (χ3v) is 4.32. The van der Waals surface area contributed by atoms with Gasteiger partial charge in [0.15, 0.2) is 0 Å². The number of thiophene rings is 1. The fourth-order valence-corrected chi connectivity index (χ4v) is 3.25. The molecular formula is C17H18N2O2S. The van der Waals surface area contributed by atoms with Crippen LogP contribution in [0.5, 0.6) is 0 Å². The lowest BCUT2D eigenvalue weighted by Gasteiger charge is -2.09. The summed E-state index contributed by atoms with van der Waals surface area (Å²) in [7, 11) is 0. The van der Waals surface area contributed by atoms with Gasteiger partial charge in [-0.3, -0.25) is 9.36 Å². The number of ether oxygens (including phenoxy) is 1. The summed E-state index contributed by atoms with van der Waals surface area (Å²) in [6, 6.07) is 9.95. The van der Waals surface area contributed by atoms with E-state index in [2.05, 4.69) is 4.98 Å². The van der Waals surface area contributed by atoms with Crippen LogP contribution < -0.4 is 5.56 Å². The van der Waals surface area contributed by atoms with Crippen LogP contribution in [0.4, 0.5) is 0 Å². The first-order valence-electron chi connectivity index (χ1n) is 7.30. The van der Waals surface area contributed by atoms with Crippen molar-refractivity contribution in [1.29, 1.82) is 0 Å². The van der Waals surface area contributed by atoms with Gasteiger partial charge in [0, 0.05) is 10.9 Å². The lowest BCUT2D eigenvalue weighted by molar-refractivity contribution is 0.0722. The maximum Gasteiger partial charge on any atom is 0.262 e. The fraction of sp³-hybridized carbons (Fsp3) is 0.294. The molecule has 0 N–H and O–H groups in total. The minimum atomic E-state index is -0.00235. The summed E-state index contributed by atoms with van der Waals surface area (Å²) in [5.41, 5.74) is 2.00. The van der Waals surface area contributed by atoms with E-state index in [9.17, 15) is 4.79 Å². The Balaban J connectivity index is 2.01. The molecule has 0 amide bonds. The molecular weight excluding hydrogens is 296 g/mol. The molecule has 22 heavy (non-hydrogen) atoms. The van der Waals surface area contributed by atoms with Crippen molar-refractivity contribution in [2.45, 2.75) is 26.5 Å². The number of aromatic nitrogens is 2. The highest BCUT2D eigenvalue weighted by molar-refractivity contribution is 7.17. The molecule has 0 unspecified atom stereocenters. The standard InChI is InChI=1S/C17H18N2O2S/c1-12(2)21-9-8-19-11-18-16-15(17(19)20)14(10-22-16)13-6-4-3-5-7-13/h3-7,10-12H,8-9H2,1-2H3. The molecule has 1 aromatic carbocycles. The van der Waals surface area contributed by atoms with Crippen molar-refractivity contribution in [3.8, 4) is 11.1 Å². The number of hydrogen-bond acceptors (Lipinski definition) is 4. The van der Waals surface area contributed by atoms with E-state index >= 15 is 0 Å². The summed E-state index contributed by atoms with van der Waals surface area (Å²) < 4.78 is 7.15. The van der Waals surface area contributed by atoms with Crippen molar-refractivity contribution in [3.05, 3.63) is 52.4 Å². The molecule has 2 heterocycles. The topological polar surface area (TPSA) is 44.1 Å². The Hall–Kier alpha value is -1.98. The number of nitrogens with zero attached hydrogens (tertiary/aromatic N) is 2. The average molecular weight is 314 g/mol. The fourth-order valence-electron chi connectivity index (χ4n) is 2.34. The maximum atomic E-state index is 12.7. The molecule has 0 saturated carbocycles. The van der Waals surface area contributed by atoms with Gasteiger partial charge in [-0.15, -0.1) is 11.3 Å². The van der Waals surface area contributed by atoms with Crippen molar-refractivity contribution in [3.63, 3.8) is 0 Å². The lowest BCUT2D eigenvalue weighted by atomic mass is 10.1. The summed E-state index contributed by atoms with van der Waals surface area (Å²) in [6.45, 7) is 4.99. The van der Waals surface area contributed by atoms with Gasteiger partial charge in [0.1, 0.15) is 4.83 Å². The molecule has 0 radical (unpaired) electrons. The van der Waals surface area contributed by atoms with Crippen molar-refractivity contribution < 1.29 is 4.74 Å². The van der Waals surface area contributed by atoms with Crippen LogP contribution in [-0.2, 0) is 11.3 Å². The van der Waals surface area contributed by atoms with E-state index in [-0.39, 0.29) is 11.7 Å². The number of benzene rings is 1. The van der Waals surface area contributed by atoms with Gasteiger partial charge in [-0.25, -0.2) is 4.98 Å². The molecule has 0 aliphatic heterocycles. The highest BCUT2D eigenvalue weighted by atomic mass is 32.1.